The summed E-state index contributed by atoms with van der Waals surface area (Å²) in [4.78, 5) is 88.6. The van der Waals surface area contributed by atoms with Crippen LogP contribution in [0.1, 0.15) is 63.6 Å². The molecule has 0 aliphatic carbocycles. The number of esters is 4. The Morgan fingerprint density at radius 2 is 1.51 bits per heavy atom. The molecule has 0 spiro atoms. The number of piperidine rings is 1. The molecule has 18 heteroatoms. The van der Waals surface area contributed by atoms with E-state index in [1.807, 2.05) is 0 Å². The van der Waals surface area contributed by atoms with Crippen LogP contribution in [-0.2, 0) is 54.2 Å². The van der Waals surface area contributed by atoms with E-state index in [1.54, 1.807) is 13.8 Å². The number of ether oxygens (including phenoxy) is 5. The molecular formula is C27H37N5O13. The molecule has 1 aromatic rings. The maximum atomic E-state index is 13.9. The summed E-state index contributed by atoms with van der Waals surface area (Å²) in [5.74, 6) is -5.34. The minimum absolute atomic E-state index is 0.0416. The summed E-state index contributed by atoms with van der Waals surface area (Å²) in [6.07, 6.45) is -7.88. The number of carbonyl (C=O) groups is 6. The Bertz CT molecular complexity index is 1340. The fourth-order valence-corrected chi connectivity index (χ4v) is 5.34. The minimum Gasteiger partial charge on any atom is -0.466 e. The topological polar surface area (TPSA) is 225 Å². The molecule has 2 aliphatic rings. The molecule has 248 valence electrons. The molecule has 3 heterocycles. The van der Waals surface area contributed by atoms with Gasteiger partial charge in [0.1, 0.15) is 5.69 Å². The van der Waals surface area contributed by atoms with E-state index >= 15 is 0 Å². The van der Waals surface area contributed by atoms with Gasteiger partial charge in [-0.3, -0.25) is 43.6 Å². The number of rotatable bonds is 10. The van der Waals surface area contributed by atoms with Crippen LogP contribution in [0, 0.1) is 23.0 Å². The van der Waals surface area contributed by atoms with Crippen LogP contribution in [-0.4, -0.2) is 106 Å². The molecule has 45 heavy (non-hydrogen) atoms. The molecule has 18 nitrogen and oxygen atoms in total. The Kier molecular flexibility index (Phi) is 11.6. The van der Waals surface area contributed by atoms with Gasteiger partial charge in [-0.1, -0.05) is 0 Å². The van der Waals surface area contributed by atoms with Crippen LogP contribution in [0.3, 0.4) is 0 Å². The summed E-state index contributed by atoms with van der Waals surface area (Å²) >= 11 is 0. The van der Waals surface area contributed by atoms with Gasteiger partial charge in [0.25, 0.3) is 11.8 Å². The van der Waals surface area contributed by atoms with Crippen molar-refractivity contribution in [3.8, 4) is 0 Å². The maximum absolute atomic E-state index is 13.9. The highest BCUT2D eigenvalue weighted by molar-refractivity contribution is 5.97. The molecule has 1 aromatic heterocycles. The van der Waals surface area contributed by atoms with Gasteiger partial charge in [-0.2, -0.15) is 5.10 Å². The number of likely N-dealkylation sites (tertiary alicyclic amines) is 1. The number of hydrogen-bond donors (Lipinski definition) is 1. The van der Waals surface area contributed by atoms with Gasteiger partial charge in [0.05, 0.1) is 17.4 Å². The van der Waals surface area contributed by atoms with Crippen molar-refractivity contribution in [3.63, 3.8) is 0 Å². The van der Waals surface area contributed by atoms with E-state index in [-0.39, 0.29) is 44.8 Å². The standard InChI is InChI=1S/C27H37N5O13/c1-7-31-19(18(32(39)40)13(3)29-31)24(36)28-25-22(44-16(6)35)20(42-14(4)33)21(43-15(5)34)23(45-25)26(37)30-11-9-17(10-12-30)27(38)41-8-2/h17,20-23,25H,7-12H2,1-6H3,(H,28,36). The highest BCUT2D eigenvalue weighted by atomic mass is 16.7. The van der Waals surface area contributed by atoms with Crippen molar-refractivity contribution in [2.75, 3.05) is 19.7 Å². The predicted octanol–water partition coefficient (Wildman–Crippen LogP) is 0.171. The quantitative estimate of drug-likeness (QED) is 0.156. The molecule has 0 bridgehead atoms. The second-order valence-electron chi connectivity index (χ2n) is 10.4. The third-order valence-electron chi connectivity index (χ3n) is 7.18. The molecule has 3 rings (SSSR count). The number of nitro groups is 1. The zero-order chi connectivity index (χ0) is 33.6. The number of nitrogens with one attached hydrogen (secondary N) is 1. The average Bonchev–Trinajstić information content (AvgIpc) is 3.31. The lowest BCUT2D eigenvalue weighted by atomic mass is 9.93. The molecule has 1 N–H and O–H groups in total. The predicted molar refractivity (Wildman–Crippen MR) is 148 cm³/mol. The average molecular weight is 640 g/mol. The molecule has 2 fully saturated rings. The van der Waals surface area contributed by atoms with Crippen LogP contribution in [0.25, 0.3) is 0 Å². The van der Waals surface area contributed by atoms with Gasteiger partial charge in [0.15, 0.2) is 30.6 Å². The van der Waals surface area contributed by atoms with Gasteiger partial charge in [-0.25, -0.2) is 0 Å². The molecule has 2 aliphatic heterocycles. The maximum Gasteiger partial charge on any atom is 0.322 e. The van der Waals surface area contributed by atoms with Gasteiger partial charge < -0.3 is 33.9 Å². The summed E-state index contributed by atoms with van der Waals surface area (Å²) in [5.41, 5.74) is -1.07. The van der Waals surface area contributed by atoms with Crippen molar-refractivity contribution in [1.29, 1.82) is 0 Å². The SMILES string of the molecule is CCOC(=O)C1CCN(C(=O)C2OC(NC(=O)c3c([N+](=O)[O-])c(C)nn3CC)C(OC(C)=O)C(OC(C)=O)C2OC(C)=O)CC1. The summed E-state index contributed by atoms with van der Waals surface area (Å²) in [6.45, 7) is 8.19. The number of amides is 2. The molecule has 0 aromatic carbocycles. The summed E-state index contributed by atoms with van der Waals surface area (Å²) < 4.78 is 28.3. The van der Waals surface area contributed by atoms with Crippen LogP contribution in [0.2, 0.25) is 0 Å². The smallest absolute Gasteiger partial charge is 0.322 e. The molecule has 2 saturated heterocycles. The lowest BCUT2D eigenvalue weighted by molar-refractivity contribution is -0.385. The molecular weight excluding hydrogens is 602 g/mol. The fourth-order valence-electron chi connectivity index (χ4n) is 5.34. The number of nitrogens with zero attached hydrogens (tertiary/aromatic N) is 4. The van der Waals surface area contributed by atoms with Crippen molar-refractivity contribution < 1.29 is 57.4 Å². The highest BCUT2D eigenvalue weighted by Crippen LogP contribution is 2.31. The van der Waals surface area contributed by atoms with Crippen molar-refractivity contribution in [1.82, 2.24) is 20.0 Å². The Labute approximate surface area is 257 Å². The Morgan fingerprint density at radius 3 is 2.02 bits per heavy atom. The molecule has 0 saturated carbocycles. The van der Waals surface area contributed by atoms with E-state index in [0.717, 1.165) is 25.5 Å². The van der Waals surface area contributed by atoms with Crippen molar-refractivity contribution in [2.45, 2.75) is 91.6 Å². The number of aryl methyl sites for hydroxylation is 2. The number of aromatic nitrogens is 2. The van der Waals surface area contributed by atoms with Gasteiger partial charge in [0, 0.05) is 40.4 Å². The number of hydrogen-bond acceptors (Lipinski definition) is 14. The van der Waals surface area contributed by atoms with Crippen LogP contribution in [0.5, 0.6) is 0 Å². The highest BCUT2D eigenvalue weighted by Gasteiger charge is 2.56. The van der Waals surface area contributed by atoms with Gasteiger partial charge in [-0.05, 0) is 33.6 Å². The molecule has 2 amide bonds. The molecule has 5 unspecified atom stereocenters. The summed E-state index contributed by atoms with van der Waals surface area (Å²) in [5, 5.41) is 18.2. The Hall–Kier alpha value is -4.61. The van der Waals surface area contributed by atoms with E-state index < -0.39 is 88.6 Å². The Morgan fingerprint density at radius 1 is 0.956 bits per heavy atom. The first-order valence-corrected chi connectivity index (χ1v) is 14.3. The monoisotopic (exact) mass is 639 g/mol. The summed E-state index contributed by atoms with van der Waals surface area (Å²) in [7, 11) is 0. The fraction of sp³-hybridized carbons (Fsp3) is 0.667. The normalized spacial score (nSPS) is 23.4. The van der Waals surface area contributed by atoms with Crippen molar-refractivity contribution >= 4 is 41.4 Å². The van der Waals surface area contributed by atoms with E-state index in [0.29, 0.717) is 0 Å². The van der Waals surface area contributed by atoms with Gasteiger partial charge in [-0.15, -0.1) is 0 Å². The third kappa shape index (κ3) is 8.11. The van der Waals surface area contributed by atoms with Gasteiger partial charge >= 0.3 is 29.6 Å². The van der Waals surface area contributed by atoms with E-state index in [9.17, 15) is 38.9 Å². The first-order valence-electron chi connectivity index (χ1n) is 14.3. The Balaban J connectivity index is 2.03. The zero-order valence-corrected chi connectivity index (χ0v) is 25.8. The first-order chi connectivity index (χ1) is 21.2. The minimum atomic E-state index is -1.73. The zero-order valence-electron chi connectivity index (χ0n) is 25.8. The largest absolute Gasteiger partial charge is 0.466 e. The van der Waals surface area contributed by atoms with E-state index in [1.165, 1.54) is 11.8 Å². The lowest BCUT2D eigenvalue weighted by Gasteiger charge is -2.45. The number of carbonyl (C=O) groups excluding carboxylic acids is 6. The van der Waals surface area contributed by atoms with Crippen molar-refractivity contribution in [2.24, 2.45) is 5.92 Å². The summed E-state index contributed by atoms with van der Waals surface area (Å²) in [6, 6.07) is 0. The van der Waals surface area contributed by atoms with Crippen LogP contribution >= 0.6 is 0 Å². The van der Waals surface area contributed by atoms with E-state index in [4.69, 9.17) is 23.7 Å². The van der Waals surface area contributed by atoms with Gasteiger partial charge in [0.2, 0.25) is 5.69 Å². The van der Waals surface area contributed by atoms with Crippen molar-refractivity contribution in [3.05, 3.63) is 21.5 Å². The van der Waals surface area contributed by atoms with E-state index in [2.05, 4.69) is 10.4 Å². The van der Waals surface area contributed by atoms with Crippen LogP contribution in [0.4, 0.5) is 5.69 Å². The molecule has 0 radical (unpaired) electrons. The van der Waals surface area contributed by atoms with Crippen LogP contribution < -0.4 is 5.32 Å². The molecule has 5 atom stereocenters. The third-order valence-corrected chi connectivity index (χ3v) is 7.18. The van der Waals surface area contributed by atoms with Crippen LogP contribution in [0.15, 0.2) is 0 Å². The second-order valence-corrected chi connectivity index (χ2v) is 10.4. The first kappa shape index (κ1) is 34.9. The lowest BCUT2D eigenvalue weighted by Crippen LogP contribution is -2.68. The second kappa shape index (κ2) is 14.9.